The number of benzene rings is 1. The van der Waals surface area contributed by atoms with Crippen LogP contribution in [0.15, 0.2) is 18.2 Å². The second-order valence-corrected chi connectivity index (χ2v) is 3.96. The maximum atomic E-state index is 10.8. The van der Waals surface area contributed by atoms with Crippen LogP contribution in [0.4, 0.5) is 11.4 Å². The van der Waals surface area contributed by atoms with Gasteiger partial charge >= 0.3 is 5.97 Å². The van der Waals surface area contributed by atoms with E-state index in [9.17, 15) is 4.79 Å². The number of carboxylic acids is 1. The number of aromatic carboxylic acids is 1. The summed E-state index contributed by atoms with van der Waals surface area (Å²) in [6.07, 6.45) is 0. The molecule has 0 radical (unpaired) electrons. The van der Waals surface area contributed by atoms with E-state index in [-0.39, 0.29) is 5.56 Å². The van der Waals surface area contributed by atoms with Crippen LogP contribution in [0.1, 0.15) is 31.1 Å². The highest BCUT2D eigenvalue weighted by molar-refractivity contribution is 5.90. The highest BCUT2D eigenvalue weighted by atomic mass is 16.4. The first kappa shape index (κ1) is 12.4. The summed E-state index contributed by atoms with van der Waals surface area (Å²) in [6, 6.07) is 5.19. The third kappa shape index (κ3) is 2.45. The molecule has 0 aliphatic carbocycles. The maximum Gasteiger partial charge on any atom is 0.335 e. The van der Waals surface area contributed by atoms with Crippen LogP contribution in [0.3, 0.4) is 0 Å². The normalized spacial score (nSPS) is 10.5. The Morgan fingerprint density at radius 2 is 2.12 bits per heavy atom. The van der Waals surface area contributed by atoms with E-state index in [1.54, 1.807) is 12.1 Å². The molecule has 88 valence electrons. The molecule has 0 fully saturated rings. The summed E-state index contributed by atoms with van der Waals surface area (Å²) in [5.41, 5.74) is 7.49. The number of nitrogens with two attached hydrogens (primary N) is 1. The summed E-state index contributed by atoms with van der Waals surface area (Å²) in [4.78, 5) is 12.9. The largest absolute Gasteiger partial charge is 0.478 e. The van der Waals surface area contributed by atoms with E-state index >= 15 is 0 Å². The Balaban J connectivity index is 3.11. The molecule has 0 aromatic heterocycles. The molecule has 0 atom stereocenters. The van der Waals surface area contributed by atoms with Crippen LogP contribution in [-0.4, -0.2) is 23.7 Å². The predicted octanol–water partition coefficient (Wildman–Crippen LogP) is 2.20. The highest BCUT2D eigenvalue weighted by Gasteiger charge is 2.13. The molecule has 0 saturated carbocycles. The highest BCUT2D eigenvalue weighted by Crippen LogP contribution is 2.25. The van der Waals surface area contributed by atoms with Gasteiger partial charge in [-0.15, -0.1) is 0 Å². The molecular weight excluding hydrogens is 204 g/mol. The van der Waals surface area contributed by atoms with Crippen LogP contribution in [0.5, 0.6) is 0 Å². The summed E-state index contributed by atoms with van der Waals surface area (Å²) >= 11 is 0. The summed E-state index contributed by atoms with van der Waals surface area (Å²) in [5, 5.41) is 8.84. The zero-order valence-corrected chi connectivity index (χ0v) is 9.90. The van der Waals surface area contributed by atoms with Crippen molar-refractivity contribution in [1.29, 1.82) is 0 Å². The van der Waals surface area contributed by atoms with Gasteiger partial charge in [-0.1, -0.05) is 0 Å². The van der Waals surface area contributed by atoms with E-state index in [0.717, 1.165) is 12.2 Å². The van der Waals surface area contributed by atoms with Crippen LogP contribution < -0.4 is 10.6 Å². The van der Waals surface area contributed by atoms with Gasteiger partial charge in [0.15, 0.2) is 0 Å². The minimum Gasteiger partial charge on any atom is -0.478 e. The molecule has 3 N–H and O–H groups in total. The van der Waals surface area contributed by atoms with Gasteiger partial charge in [0.25, 0.3) is 0 Å². The molecule has 1 rings (SSSR count). The van der Waals surface area contributed by atoms with Crippen molar-refractivity contribution in [2.24, 2.45) is 0 Å². The van der Waals surface area contributed by atoms with E-state index in [0.29, 0.717) is 11.7 Å². The van der Waals surface area contributed by atoms with E-state index in [1.165, 1.54) is 6.07 Å². The Morgan fingerprint density at radius 3 is 2.50 bits per heavy atom. The van der Waals surface area contributed by atoms with Crippen LogP contribution in [0, 0.1) is 0 Å². The van der Waals surface area contributed by atoms with Crippen molar-refractivity contribution in [2.75, 3.05) is 17.2 Å². The molecule has 0 unspecified atom stereocenters. The number of hydrogen-bond donors (Lipinski definition) is 2. The Labute approximate surface area is 95.7 Å². The molecule has 0 saturated heterocycles. The van der Waals surface area contributed by atoms with E-state index in [1.807, 2.05) is 6.92 Å². The fourth-order valence-corrected chi connectivity index (χ4v) is 1.76. The Hall–Kier alpha value is -1.71. The number of carbonyl (C=O) groups is 1. The second-order valence-electron chi connectivity index (χ2n) is 3.96. The fourth-order valence-electron chi connectivity index (χ4n) is 1.76. The Morgan fingerprint density at radius 1 is 1.50 bits per heavy atom. The molecule has 4 heteroatoms. The smallest absolute Gasteiger partial charge is 0.335 e. The molecule has 0 aliphatic heterocycles. The molecule has 1 aromatic carbocycles. The molecule has 0 spiro atoms. The number of hydrogen-bond acceptors (Lipinski definition) is 3. The molecule has 0 bridgehead atoms. The average molecular weight is 222 g/mol. The third-order valence-electron chi connectivity index (χ3n) is 2.55. The lowest BCUT2D eigenvalue weighted by Gasteiger charge is -2.28. The summed E-state index contributed by atoms with van der Waals surface area (Å²) in [5.74, 6) is -0.953. The zero-order valence-electron chi connectivity index (χ0n) is 9.90. The minimum atomic E-state index is -0.953. The molecule has 1 aromatic rings. The standard InChI is InChI=1S/C12H18N2O2/c1-4-14(8(2)3)11-6-5-9(12(15)16)7-10(11)13/h5-8H,4,13H2,1-3H3,(H,15,16). The summed E-state index contributed by atoms with van der Waals surface area (Å²) in [7, 11) is 0. The molecule has 16 heavy (non-hydrogen) atoms. The topological polar surface area (TPSA) is 66.6 Å². The SMILES string of the molecule is CCN(c1ccc(C(=O)O)cc1N)C(C)C. The number of rotatable bonds is 4. The van der Waals surface area contributed by atoms with Gasteiger partial charge in [0.2, 0.25) is 0 Å². The number of nitrogens with zero attached hydrogens (tertiary/aromatic N) is 1. The van der Waals surface area contributed by atoms with Crippen LogP contribution in [-0.2, 0) is 0 Å². The number of carboxylic acid groups (broad SMARTS) is 1. The number of nitrogen functional groups attached to an aromatic ring is 1. The lowest BCUT2D eigenvalue weighted by molar-refractivity contribution is 0.0697. The van der Waals surface area contributed by atoms with Crippen molar-refractivity contribution >= 4 is 17.3 Å². The first-order valence-corrected chi connectivity index (χ1v) is 5.36. The molecule has 0 amide bonds. The first-order chi connectivity index (χ1) is 7.47. The van der Waals surface area contributed by atoms with Gasteiger partial charge in [-0.25, -0.2) is 4.79 Å². The minimum absolute atomic E-state index is 0.223. The average Bonchev–Trinajstić information content (AvgIpc) is 2.20. The van der Waals surface area contributed by atoms with Gasteiger partial charge in [0, 0.05) is 12.6 Å². The third-order valence-corrected chi connectivity index (χ3v) is 2.55. The van der Waals surface area contributed by atoms with Gasteiger partial charge in [0.1, 0.15) is 0 Å². The Bertz CT molecular complexity index is 389. The van der Waals surface area contributed by atoms with Crippen LogP contribution in [0.2, 0.25) is 0 Å². The predicted molar refractivity (Wildman–Crippen MR) is 66.0 cm³/mol. The second kappa shape index (κ2) is 4.88. The van der Waals surface area contributed by atoms with Crippen molar-refractivity contribution in [3.63, 3.8) is 0 Å². The molecule has 4 nitrogen and oxygen atoms in total. The lowest BCUT2D eigenvalue weighted by atomic mass is 10.1. The number of anilines is 2. The quantitative estimate of drug-likeness (QED) is 0.766. The van der Waals surface area contributed by atoms with Crippen molar-refractivity contribution in [3.05, 3.63) is 23.8 Å². The van der Waals surface area contributed by atoms with E-state index < -0.39 is 5.97 Å². The van der Waals surface area contributed by atoms with Crippen molar-refractivity contribution in [2.45, 2.75) is 26.8 Å². The van der Waals surface area contributed by atoms with Gasteiger partial charge in [-0.3, -0.25) is 0 Å². The van der Waals surface area contributed by atoms with E-state index in [2.05, 4.69) is 18.7 Å². The zero-order chi connectivity index (χ0) is 12.3. The van der Waals surface area contributed by atoms with Gasteiger partial charge in [0.05, 0.1) is 16.9 Å². The van der Waals surface area contributed by atoms with Crippen molar-refractivity contribution in [1.82, 2.24) is 0 Å². The Kier molecular flexibility index (Phi) is 3.77. The molecular formula is C12H18N2O2. The fraction of sp³-hybridized carbons (Fsp3) is 0.417. The van der Waals surface area contributed by atoms with Gasteiger partial charge in [-0.05, 0) is 39.0 Å². The van der Waals surface area contributed by atoms with Crippen molar-refractivity contribution < 1.29 is 9.90 Å². The summed E-state index contributed by atoms with van der Waals surface area (Å²) < 4.78 is 0. The van der Waals surface area contributed by atoms with E-state index in [4.69, 9.17) is 10.8 Å². The van der Waals surface area contributed by atoms with Gasteiger partial charge in [-0.2, -0.15) is 0 Å². The molecule has 0 heterocycles. The van der Waals surface area contributed by atoms with Crippen LogP contribution in [0.25, 0.3) is 0 Å². The van der Waals surface area contributed by atoms with Crippen LogP contribution >= 0.6 is 0 Å². The first-order valence-electron chi connectivity index (χ1n) is 5.36. The monoisotopic (exact) mass is 222 g/mol. The maximum absolute atomic E-state index is 10.8. The lowest BCUT2D eigenvalue weighted by Crippen LogP contribution is -2.31. The summed E-state index contributed by atoms with van der Waals surface area (Å²) in [6.45, 7) is 7.04. The molecule has 0 aliphatic rings. The van der Waals surface area contributed by atoms with Gasteiger partial charge < -0.3 is 15.7 Å². The van der Waals surface area contributed by atoms with Crippen molar-refractivity contribution in [3.8, 4) is 0 Å².